The molecule has 1 nitrogen and oxygen atoms in total. The highest BCUT2D eigenvalue weighted by atomic mass is 19.4. The van der Waals surface area contributed by atoms with Crippen molar-refractivity contribution in [1.82, 2.24) is 0 Å². The zero-order chi connectivity index (χ0) is 10.1. The van der Waals surface area contributed by atoms with Crippen LogP contribution in [0.3, 0.4) is 0 Å². The third kappa shape index (κ3) is 2.21. The van der Waals surface area contributed by atoms with Gasteiger partial charge in [0.25, 0.3) is 0 Å². The van der Waals surface area contributed by atoms with Crippen molar-refractivity contribution < 1.29 is 13.2 Å². The Labute approximate surface area is 74.4 Å². The van der Waals surface area contributed by atoms with Crippen molar-refractivity contribution in [1.29, 1.82) is 0 Å². The quantitative estimate of drug-likeness (QED) is 0.722. The Morgan fingerprint density at radius 1 is 1.23 bits per heavy atom. The predicted molar refractivity (Wildman–Crippen MR) is 44.0 cm³/mol. The molecule has 0 aromatic heterocycles. The number of hydrogen-bond donors (Lipinski definition) is 1. The highest BCUT2D eigenvalue weighted by Gasteiger charge is 2.33. The molecule has 0 spiro atoms. The summed E-state index contributed by atoms with van der Waals surface area (Å²) in [4.78, 5) is 0. The maximum atomic E-state index is 12.4. The van der Waals surface area contributed by atoms with Crippen LogP contribution in [-0.2, 0) is 6.18 Å². The minimum atomic E-state index is -4.32. The lowest BCUT2D eigenvalue weighted by Crippen LogP contribution is -2.14. The summed E-state index contributed by atoms with van der Waals surface area (Å²) >= 11 is 0. The Morgan fingerprint density at radius 2 is 1.77 bits per heavy atom. The number of halogens is 3. The first-order valence-electron chi connectivity index (χ1n) is 3.84. The molecule has 0 saturated heterocycles. The number of alkyl halides is 3. The maximum Gasteiger partial charge on any atom is 0.416 e. The second-order valence-corrected chi connectivity index (χ2v) is 2.87. The van der Waals surface area contributed by atoms with Gasteiger partial charge in [0, 0.05) is 6.04 Å². The molecule has 13 heavy (non-hydrogen) atoms. The number of benzene rings is 1. The molecule has 0 unspecified atom stereocenters. The lowest BCUT2D eigenvalue weighted by molar-refractivity contribution is -0.138. The van der Waals surface area contributed by atoms with E-state index in [-0.39, 0.29) is 5.56 Å². The van der Waals surface area contributed by atoms with Crippen LogP contribution in [0.5, 0.6) is 0 Å². The van der Waals surface area contributed by atoms with Crippen LogP contribution in [-0.4, -0.2) is 0 Å². The average molecular weight is 189 g/mol. The molecule has 1 atom stereocenters. The molecule has 0 amide bonds. The van der Waals surface area contributed by atoms with E-state index in [0.717, 1.165) is 6.07 Å². The van der Waals surface area contributed by atoms with E-state index in [9.17, 15) is 13.2 Å². The highest BCUT2D eigenvalue weighted by Crippen LogP contribution is 2.33. The van der Waals surface area contributed by atoms with Crippen molar-refractivity contribution >= 4 is 0 Å². The molecule has 72 valence electrons. The zero-order valence-electron chi connectivity index (χ0n) is 7.10. The summed E-state index contributed by atoms with van der Waals surface area (Å²) in [5.74, 6) is 0. The van der Waals surface area contributed by atoms with Gasteiger partial charge in [0.15, 0.2) is 0 Å². The van der Waals surface area contributed by atoms with Gasteiger partial charge in [-0.2, -0.15) is 13.2 Å². The third-order valence-electron chi connectivity index (χ3n) is 1.76. The van der Waals surface area contributed by atoms with Crippen molar-refractivity contribution in [2.45, 2.75) is 19.1 Å². The number of hydrogen-bond acceptors (Lipinski definition) is 1. The molecule has 0 bridgehead atoms. The fraction of sp³-hybridized carbons (Fsp3) is 0.333. The van der Waals surface area contributed by atoms with Gasteiger partial charge in [-0.15, -0.1) is 0 Å². The molecule has 0 aliphatic carbocycles. The SMILES string of the molecule is C[C@H](N)c1ccccc1C(F)(F)F. The summed E-state index contributed by atoms with van der Waals surface area (Å²) in [5, 5.41) is 0. The first-order valence-corrected chi connectivity index (χ1v) is 3.84. The summed E-state index contributed by atoms with van der Waals surface area (Å²) < 4.78 is 37.1. The molecule has 1 rings (SSSR count). The summed E-state index contributed by atoms with van der Waals surface area (Å²) in [6.45, 7) is 1.53. The van der Waals surface area contributed by atoms with E-state index in [1.807, 2.05) is 0 Å². The summed E-state index contributed by atoms with van der Waals surface area (Å²) in [7, 11) is 0. The lowest BCUT2D eigenvalue weighted by atomic mass is 10.0. The maximum absolute atomic E-state index is 12.4. The van der Waals surface area contributed by atoms with Crippen molar-refractivity contribution in [2.24, 2.45) is 5.73 Å². The number of rotatable bonds is 1. The van der Waals surface area contributed by atoms with E-state index in [1.54, 1.807) is 6.07 Å². The van der Waals surface area contributed by atoms with Gasteiger partial charge in [-0.1, -0.05) is 18.2 Å². The molecular weight excluding hydrogens is 179 g/mol. The van der Waals surface area contributed by atoms with Gasteiger partial charge in [-0.25, -0.2) is 0 Å². The predicted octanol–water partition coefficient (Wildman–Crippen LogP) is 2.73. The van der Waals surface area contributed by atoms with Gasteiger partial charge >= 0.3 is 6.18 Å². The van der Waals surface area contributed by atoms with Crippen LogP contribution in [0.4, 0.5) is 13.2 Å². The van der Waals surface area contributed by atoms with E-state index < -0.39 is 17.8 Å². The Kier molecular flexibility index (Phi) is 2.61. The number of nitrogens with two attached hydrogens (primary N) is 1. The van der Waals surface area contributed by atoms with E-state index >= 15 is 0 Å². The van der Waals surface area contributed by atoms with Crippen LogP contribution >= 0.6 is 0 Å². The molecule has 0 saturated carbocycles. The first-order chi connectivity index (χ1) is 5.93. The zero-order valence-corrected chi connectivity index (χ0v) is 7.10. The van der Waals surface area contributed by atoms with Crippen LogP contribution in [0.1, 0.15) is 24.1 Å². The summed E-state index contributed by atoms with van der Waals surface area (Å²) in [5.41, 5.74) is 4.90. The highest BCUT2D eigenvalue weighted by molar-refractivity contribution is 5.31. The van der Waals surface area contributed by atoms with E-state index in [2.05, 4.69) is 0 Å². The van der Waals surface area contributed by atoms with Crippen LogP contribution in [0.15, 0.2) is 24.3 Å². The molecule has 0 aliphatic rings. The Morgan fingerprint density at radius 3 is 2.15 bits per heavy atom. The Balaban J connectivity index is 3.20. The molecule has 0 fully saturated rings. The van der Waals surface area contributed by atoms with E-state index in [4.69, 9.17) is 5.73 Å². The van der Waals surface area contributed by atoms with Gasteiger partial charge < -0.3 is 5.73 Å². The van der Waals surface area contributed by atoms with E-state index in [0.29, 0.717) is 0 Å². The second kappa shape index (κ2) is 3.38. The molecule has 2 N–H and O–H groups in total. The summed E-state index contributed by atoms with van der Waals surface area (Å²) in [6, 6.07) is 4.74. The minimum absolute atomic E-state index is 0.134. The largest absolute Gasteiger partial charge is 0.416 e. The van der Waals surface area contributed by atoms with Crippen LogP contribution < -0.4 is 5.73 Å². The van der Waals surface area contributed by atoms with Gasteiger partial charge in [0.2, 0.25) is 0 Å². The van der Waals surface area contributed by atoms with Gasteiger partial charge in [0.1, 0.15) is 0 Å². The Bertz CT molecular complexity index is 291. The fourth-order valence-corrected chi connectivity index (χ4v) is 1.15. The van der Waals surface area contributed by atoms with Crippen molar-refractivity contribution in [3.63, 3.8) is 0 Å². The molecule has 4 heteroatoms. The lowest BCUT2D eigenvalue weighted by Gasteiger charge is -2.14. The normalized spacial score (nSPS) is 14.2. The standard InChI is InChI=1S/C9H10F3N/c1-6(13)7-4-2-3-5-8(7)9(10,11)12/h2-6H,13H2,1H3/t6-/m0/s1. The topological polar surface area (TPSA) is 26.0 Å². The third-order valence-corrected chi connectivity index (χ3v) is 1.76. The van der Waals surface area contributed by atoms with E-state index in [1.165, 1.54) is 19.1 Å². The van der Waals surface area contributed by atoms with Gasteiger partial charge in [-0.05, 0) is 18.6 Å². The Hall–Kier alpha value is -1.03. The molecule has 0 heterocycles. The smallest absolute Gasteiger partial charge is 0.324 e. The molecule has 1 aromatic rings. The molecule has 1 aromatic carbocycles. The first kappa shape index (κ1) is 10.1. The molecule has 0 radical (unpaired) electrons. The molecule has 0 aliphatic heterocycles. The van der Waals surface area contributed by atoms with Crippen molar-refractivity contribution in [3.05, 3.63) is 35.4 Å². The summed E-state index contributed by atoms with van der Waals surface area (Å²) in [6.07, 6.45) is -4.32. The van der Waals surface area contributed by atoms with Gasteiger partial charge in [-0.3, -0.25) is 0 Å². The van der Waals surface area contributed by atoms with Crippen LogP contribution in [0.25, 0.3) is 0 Å². The van der Waals surface area contributed by atoms with Crippen molar-refractivity contribution in [2.75, 3.05) is 0 Å². The second-order valence-electron chi connectivity index (χ2n) is 2.87. The van der Waals surface area contributed by atoms with Gasteiger partial charge in [0.05, 0.1) is 5.56 Å². The van der Waals surface area contributed by atoms with Crippen LogP contribution in [0.2, 0.25) is 0 Å². The molecular formula is C9H10F3N. The van der Waals surface area contributed by atoms with Crippen LogP contribution in [0, 0.1) is 0 Å². The average Bonchev–Trinajstić information content (AvgIpc) is 2.03. The fourth-order valence-electron chi connectivity index (χ4n) is 1.15. The minimum Gasteiger partial charge on any atom is -0.324 e. The van der Waals surface area contributed by atoms with Crippen molar-refractivity contribution in [3.8, 4) is 0 Å². The monoisotopic (exact) mass is 189 g/mol.